The topological polar surface area (TPSA) is 45.1 Å². The Kier molecular flexibility index (Phi) is 3.34. The molecular weight excluding hydrogens is 188 g/mol. The summed E-state index contributed by atoms with van der Waals surface area (Å²) in [6.07, 6.45) is 5.37. The van der Waals surface area contributed by atoms with E-state index in [1.807, 2.05) is 24.4 Å². The Bertz CT molecular complexity index is 290. The summed E-state index contributed by atoms with van der Waals surface area (Å²) in [5.74, 6) is 0. The van der Waals surface area contributed by atoms with Crippen LogP contribution in [0.3, 0.4) is 0 Å². The first-order valence-corrected chi connectivity index (χ1v) is 5.56. The van der Waals surface area contributed by atoms with E-state index in [9.17, 15) is 5.11 Å². The van der Waals surface area contributed by atoms with Crippen molar-refractivity contribution in [3.05, 3.63) is 30.1 Å². The summed E-state index contributed by atoms with van der Waals surface area (Å²) in [5.41, 5.74) is 1.22. The van der Waals surface area contributed by atoms with Crippen LogP contribution in [0.15, 0.2) is 24.4 Å². The van der Waals surface area contributed by atoms with Crippen LogP contribution < -0.4 is 5.32 Å². The molecule has 15 heavy (non-hydrogen) atoms. The van der Waals surface area contributed by atoms with Gasteiger partial charge in [-0.25, -0.2) is 0 Å². The predicted molar refractivity (Wildman–Crippen MR) is 59.3 cm³/mol. The lowest BCUT2D eigenvalue weighted by atomic mass is 9.69. The Hall–Kier alpha value is -0.930. The minimum absolute atomic E-state index is 0.161. The standard InChI is InChI=1S/C12H18N2O/c15-10-12(5-3-6-12)9-13-8-11-4-1-2-7-14-11/h1-2,4,7,13,15H,3,5-6,8-10H2. The molecule has 1 aliphatic rings. The maximum atomic E-state index is 9.28. The molecule has 1 aromatic heterocycles. The first kappa shape index (κ1) is 10.6. The van der Waals surface area contributed by atoms with Crippen LogP contribution in [0.4, 0.5) is 0 Å². The number of aliphatic hydroxyl groups is 1. The molecule has 0 saturated heterocycles. The smallest absolute Gasteiger partial charge is 0.0541 e. The van der Waals surface area contributed by atoms with Gasteiger partial charge >= 0.3 is 0 Å². The zero-order valence-electron chi connectivity index (χ0n) is 8.95. The van der Waals surface area contributed by atoms with Gasteiger partial charge in [0.2, 0.25) is 0 Å². The van der Waals surface area contributed by atoms with Gasteiger partial charge in [-0.1, -0.05) is 12.5 Å². The summed E-state index contributed by atoms with van der Waals surface area (Å²) < 4.78 is 0. The summed E-state index contributed by atoms with van der Waals surface area (Å²) in [6, 6.07) is 5.93. The molecule has 2 rings (SSSR count). The molecular formula is C12H18N2O. The van der Waals surface area contributed by atoms with Crippen molar-refractivity contribution in [2.24, 2.45) is 5.41 Å². The molecule has 0 atom stereocenters. The van der Waals surface area contributed by atoms with Gasteiger partial charge in [-0.05, 0) is 25.0 Å². The summed E-state index contributed by atoms with van der Waals surface area (Å²) in [5, 5.41) is 12.7. The molecule has 1 heterocycles. The normalized spacial score (nSPS) is 18.5. The lowest BCUT2D eigenvalue weighted by Crippen LogP contribution is -2.42. The van der Waals surface area contributed by atoms with E-state index in [-0.39, 0.29) is 5.41 Å². The molecule has 82 valence electrons. The van der Waals surface area contributed by atoms with Gasteiger partial charge in [0.1, 0.15) is 0 Å². The van der Waals surface area contributed by atoms with Crippen molar-refractivity contribution in [2.75, 3.05) is 13.2 Å². The monoisotopic (exact) mass is 206 g/mol. The van der Waals surface area contributed by atoms with E-state index < -0.39 is 0 Å². The lowest BCUT2D eigenvalue weighted by molar-refractivity contribution is 0.0444. The van der Waals surface area contributed by atoms with Crippen LogP contribution in [0, 0.1) is 5.41 Å². The number of nitrogens with one attached hydrogen (secondary N) is 1. The van der Waals surface area contributed by atoms with Gasteiger partial charge in [0.15, 0.2) is 0 Å². The van der Waals surface area contributed by atoms with Gasteiger partial charge in [-0.2, -0.15) is 0 Å². The second-order valence-electron chi connectivity index (χ2n) is 4.44. The molecule has 3 heteroatoms. The molecule has 0 radical (unpaired) electrons. The van der Waals surface area contributed by atoms with Gasteiger partial charge in [0.05, 0.1) is 5.69 Å². The largest absolute Gasteiger partial charge is 0.396 e. The number of rotatable bonds is 5. The second-order valence-corrected chi connectivity index (χ2v) is 4.44. The predicted octanol–water partition coefficient (Wildman–Crippen LogP) is 1.33. The Morgan fingerprint density at radius 3 is 2.80 bits per heavy atom. The first-order valence-electron chi connectivity index (χ1n) is 5.56. The fourth-order valence-corrected chi connectivity index (χ4v) is 2.03. The molecule has 0 unspecified atom stereocenters. The Balaban J connectivity index is 1.75. The highest BCUT2D eigenvalue weighted by atomic mass is 16.3. The number of pyridine rings is 1. The molecule has 2 N–H and O–H groups in total. The van der Waals surface area contributed by atoms with Gasteiger partial charge in [0, 0.05) is 31.3 Å². The SMILES string of the molecule is OCC1(CNCc2ccccn2)CCC1. The minimum atomic E-state index is 0.161. The van der Waals surface area contributed by atoms with Crippen LogP contribution in [0.2, 0.25) is 0 Å². The fraction of sp³-hybridized carbons (Fsp3) is 0.583. The molecule has 1 saturated carbocycles. The third-order valence-corrected chi connectivity index (χ3v) is 3.28. The third-order valence-electron chi connectivity index (χ3n) is 3.28. The van der Waals surface area contributed by atoms with Gasteiger partial charge in [-0.3, -0.25) is 4.98 Å². The number of aromatic nitrogens is 1. The van der Waals surface area contributed by atoms with Gasteiger partial charge in [0.25, 0.3) is 0 Å². The molecule has 0 aliphatic heterocycles. The van der Waals surface area contributed by atoms with Crippen LogP contribution in [0.1, 0.15) is 25.0 Å². The highest BCUT2D eigenvalue weighted by Crippen LogP contribution is 2.39. The maximum Gasteiger partial charge on any atom is 0.0541 e. The van der Waals surface area contributed by atoms with Crippen molar-refractivity contribution < 1.29 is 5.11 Å². The first-order chi connectivity index (χ1) is 7.35. The number of hydrogen-bond acceptors (Lipinski definition) is 3. The Labute approximate surface area is 90.5 Å². The van der Waals surface area contributed by atoms with E-state index in [4.69, 9.17) is 0 Å². The van der Waals surface area contributed by atoms with Crippen molar-refractivity contribution in [1.82, 2.24) is 10.3 Å². The molecule has 0 spiro atoms. The highest BCUT2D eigenvalue weighted by molar-refractivity contribution is 5.03. The van der Waals surface area contributed by atoms with E-state index in [2.05, 4.69) is 10.3 Å². The quantitative estimate of drug-likeness (QED) is 0.764. The molecule has 0 amide bonds. The maximum absolute atomic E-state index is 9.28. The molecule has 1 fully saturated rings. The molecule has 0 aromatic carbocycles. The molecule has 1 aromatic rings. The van der Waals surface area contributed by atoms with Crippen LogP contribution in [-0.4, -0.2) is 23.2 Å². The zero-order chi connectivity index (χ0) is 10.6. The summed E-state index contributed by atoms with van der Waals surface area (Å²) in [4.78, 5) is 4.24. The van der Waals surface area contributed by atoms with Gasteiger partial charge < -0.3 is 10.4 Å². The summed E-state index contributed by atoms with van der Waals surface area (Å²) in [7, 11) is 0. The molecule has 0 bridgehead atoms. The van der Waals surface area contributed by atoms with Crippen molar-refractivity contribution in [1.29, 1.82) is 0 Å². The van der Waals surface area contributed by atoms with Gasteiger partial charge in [-0.15, -0.1) is 0 Å². The second kappa shape index (κ2) is 4.73. The highest BCUT2D eigenvalue weighted by Gasteiger charge is 2.35. The number of hydrogen-bond donors (Lipinski definition) is 2. The van der Waals surface area contributed by atoms with E-state index in [0.717, 1.165) is 31.6 Å². The van der Waals surface area contributed by atoms with E-state index >= 15 is 0 Å². The molecule has 1 aliphatic carbocycles. The summed E-state index contributed by atoms with van der Waals surface area (Å²) in [6.45, 7) is 2.00. The van der Waals surface area contributed by atoms with Crippen molar-refractivity contribution in [3.8, 4) is 0 Å². The van der Waals surface area contributed by atoms with Crippen LogP contribution in [-0.2, 0) is 6.54 Å². The van der Waals surface area contributed by atoms with Crippen molar-refractivity contribution in [2.45, 2.75) is 25.8 Å². The molecule has 3 nitrogen and oxygen atoms in total. The Morgan fingerprint density at radius 1 is 1.40 bits per heavy atom. The van der Waals surface area contributed by atoms with Crippen molar-refractivity contribution in [3.63, 3.8) is 0 Å². The number of aliphatic hydroxyl groups excluding tert-OH is 1. The van der Waals surface area contributed by atoms with Crippen LogP contribution in [0.25, 0.3) is 0 Å². The van der Waals surface area contributed by atoms with Crippen LogP contribution in [0.5, 0.6) is 0 Å². The zero-order valence-corrected chi connectivity index (χ0v) is 8.95. The minimum Gasteiger partial charge on any atom is -0.396 e. The third kappa shape index (κ3) is 2.55. The van der Waals surface area contributed by atoms with E-state index in [1.165, 1.54) is 6.42 Å². The van der Waals surface area contributed by atoms with E-state index in [0.29, 0.717) is 6.61 Å². The average molecular weight is 206 g/mol. The average Bonchev–Trinajstić information content (AvgIpc) is 2.24. The van der Waals surface area contributed by atoms with E-state index in [1.54, 1.807) is 0 Å². The fourth-order valence-electron chi connectivity index (χ4n) is 2.03. The number of nitrogens with zero attached hydrogens (tertiary/aromatic N) is 1. The van der Waals surface area contributed by atoms with Crippen molar-refractivity contribution >= 4 is 0 Å². The van der Waals surface area contributed by atoms with Crippen LogP contribution >= 0.6 is 0 Å². The lowest BCUT2D eigenvalue weighted by Gasteiger charge is -2.40. The summed E-state index contributed by atoms with van der Waals surface area (Å²) >= 11 is 0. The Morgan fingerprint density at radius 2 is 2.27 bits per heavy atom.